The van der Waals surface area contributed by atoms with Gasteiger partial charge >= 0.3 is 0 Å². The molecule has 2 aliphatic rings. The molecule has 0 N–H and O–H groups in total. The third-order valence-electron chi connectivity index (χ3n) is 25.1. The van der Waals surface area contributed by atoms with Crippen LogP contribution in [0, 0.1) is 0 Å². The highest BCUT2D eigenvalue weighted by atomic mass is 32.1. The maximum atomic E-state index is 10.4. The minimum atomic E-state index is -0.606. The molecule has 576 valence electrons. The van der Waals surface area contributed by atoms with Crippen molar-refractivity contribution in [3.63, 3.8) is 0 Å². The average Bonchev–Trinajstić information content (AvgIpc) is 1.69. The summed E-state index contributed by atoms with van der Waals surface area (Å²) in [7, 11) is 0. The number of nitrogens with zero attached hydrogens (tertiary/aromatic N) is 4. The lowest BCUT2D eigenvalue weighted by Gasteiger charge is -2.47. The van der Waals surface area contributed by atoms with Gasteiger partial charge in [-0.1, -0.05) is 320 Å². The van der Waals surface area contributed by atoms with E-state index in [1.165, 1.54) is 22.3 Å². The van der Waals surface area contributed by atoms with Crippen LogP contribution in [-0.2, 0) is 21.7 Å². The number of rotatable bonds is 9. The maximum absolute atomic E-state index is 10.4. The first-order chi connectivity index (χ1) is 60.9. The molecule has 4 nitrogen and oxygen atoms in total. The average molecular weight is 1580 g/mol. The molecule has 4 aromatic heterocycles. The summed E-state index contributed by atoms with van der Waals surface area (Å²) in [6.45, 7) is 27.5. The van der Waals surface area contributed by atoms with E-state index in [2.05, 4.69) is 383 Å². The molecule has 119 heavy (non-hydrogen) atoms. The number of para-hydroxylation sites is 2. The second-order valence-corrected chi connectivity index (χ2v) is 38.8. The van der Waals surface area contributed by atoms with Crippen molar-refractivity contribution >= 4 is 141 Å². The van der Waals surface area contributed by atoms with Gasteiger partial charge in [-0.3, -0.25) is 0 Å². The van der Waals surface area contributed by atoms with Crippen molar-refractivity contribution in [2.24, 2.45) is 0 Å². The maximum Gasteiger partial charge on any atom is 0.0645 e. The molecule has 6 heterocycles. The lowest BCUT2D eigenvalue weighted by atomic mass is 9.73. The highest BCUT2D eigenvalue weighted by Gasteiger charge is 2.45. The Hall–Kier alpha value is -12.8. The fourth-order valence-electron chi connectivity index (χ4n) is 19.1. The molecule has 0 fully saturated rings. The van der Waals surface area contributed by atoms with E-state index >= 15 is 0 Å². The Morgan fingerprint density at radius 1 is 0.277 bits per heavy atom. The van der Waals surface area contributed by atoms with E-state index in [0.717, 1.165) is 174 Å². The summed E-state index contributed by atoms with van der Waals surface area (Å²) in [6.07, 6.45) is 0. The molecule has 0 radical (unpaired) electrons. The van der Waals surface area contributed by atoms with Gasteiger partial charge in [-0.05, 0) is 185 Å². The van der Waals surface area contributed by atoms with Crippen molar-refractivity contribution in [2.45, 2.75) is 111 Å². The van der Waals surface area contributed by atoms with Crippen molar-refractivity contribution < 1.29 is 11.0 Å². The van der Waals surface area contributed by atoms with Gasteiger partial charge in [0.1, 0.15) is 0 Å². The Balaban J connectivity index is 1.00. The third kappa shape index (κ3) is 11.6. The summed E-state index contributed by atoms with van der Waals surface area (Å²) >= 11 is 3.56. The van der Waals surface area contributed by atoms with Gasteiger partial charge in [-0.2, -0.15) is 0 Å². The summed E-state index contributed by atoms with van der Waals surface area (Å²) in [5, 5.41) is 6.63. The van der Waals surface area contributed by atoms with Crippen molar-refractivity contribution in [3.05, 3.63) is 372 Å². The standard InChI is InChI=1S/C113H92N4S2/c1-110(2,3)74-50-55-92-87(61-74)88-62-75(111(4,5)6)51-56-93(88)114(92)78-52-53-82-95(63-78)117(109-86(69-35-19-14-20-36-69)67-101-106(84-44-28-32-48-99(84)119-101)103(109)71-39-23-16-24-40-71)97-65-79(115-90-45-29-25-41-80(90)81-42-26-30-46-91(81)115)64-96-107(97)104(82)89-59-72(73-57-76(112(7,8)9)60-77(58-73)113(10,11)12)49-54-94(89)116(96)108-85(68-33-17-13-18-34-68)66-100-105(83-43-27-31-47-98(83)118-100)102(108)70-37-21-15-22-38-70/h13-67,104H,1-12H3/i25D,26D,29D,30D,41D,42D,45D,46D. The number of aromatic nitrogens is 2. The molecular formula is C113H92N4S2. The van der Waals surface area contributed by atoms with E-state index < -0.39 is 54.3 Å². The third-order valence-corrected chi connectivity index (χ3v) is 27.3. The van der Waals surface area contributed by atoms with Crippen LogP contribution < -0.4 is 9.80 Å². The van der Waals surface area contributed by atoms with E-state index in [1.807, 2.05) is 0 Å². The van der Waals surface area contributed by atoms with Gasteiger partial charge < -0.3 is 18.9 Å². The molecule has 0 saturated heterocycles. The number of benzene rings is 16. The van der Waals surface area contributed by atoms with Gasteiger partial charge in [0.2, 0.25) is 0 Å². The zero-order chi connectivity index (χ0) is 87.8. The normalized spacial score (nSPS) is 14.7. The minimum absolute atomic E-state index is 0.0130. The van der Waals surface area contributed by atoms with Crippen LogP contribution in [0.1, 0.15) is 139 Å². The van der Waals surface area contributed by atoms with E-state index in [1.54, 1.807) is 27.2 Å². The Labute approximate surface area is 716 Å². The Morgan fingerprint density at radius 2 is 0.697 bits per heavy atom. The van der Waals surface area contributed by atoms with Crippen LogP contribution in [-0.4, -0.2) is 9.13 Å². The zero-order valence-corrected chi connectivity index (χ0v) is 70.5. The molecule has 1 unspecified atom stereocenters. The monoisotopic (exact) mass is 1580 g/mol. The Kier molecular flexibility index (Phi) is 14.5. The molecule has 0 saturated carbocycles. The first-order valence-electron chi connectivity index (χ1n) is 45.4. The van der Waals surface area contributed by atoms with E-state index in [0.29, 0.717) is 5.69 Å². The van der Waals surface area contributed by atoms with Crippen LogP contribution in [0.15, 0.2) is 333 Å². The summed E-state index contributed by atoms with van der Waals surface area (Å²) < 4.78 is 88.3. The van der Waals surface area contributed by atoms with Crippen molar-refractivity contribution in [1.29, 1.82) is 0 Å². The molecule has 20 aromatic rings. The van der Waals surface area contributed by atoms with Crippen LogP contribution in [0.4, 0.5) is 34.1 Å². The minimum Gasteiger partial charge on any atom is -0.309 e. The number of thiophene rings is 2. The van der Waals surface area contributed by atoms with Crippen molar-refractivity contribution in [2.75, 3.05) is 9.80 Å². The molecule has 0 amide bonds. The van der Waals surface area contributed by atoms with Crippen LogP contribution in [0.25, 0.3) is 151 Å². The number of hydrogen-bond acceptors (Lipinski definition) is 4. The number of hydrogen-bond donors (Lipinski definition) is 0. The fraction of sp³-hybridized carbons (Fsp3) is 0.150. The lowest BCUT2D eigenvalue weighted by molar-refractivity contribution is 0.569. The molecule has 22 rings (SSSR count). The molecule has 16 aromatic carbocycles. The van der Waals surface area contributed by atoms with Crippen LogP contribution in [0.3, 0.4) is 0 Å². The van der Waals surface area contributed by atoms with Gasteiger partial charge in [0.15, 0.2) is 0 Å². The predicted octanol–water partition coefficient (Wildman–Crippen LogP) is 32.9. The lowest BCUT2D eigenvalue weighted by Crippen LogP contribution is -2.30. The molecule has 2 aliphatic heterocycles. The highest BCUT2D eigenvalue weighted by Crippen LogP contribution is 2.67. The molecule has 0 bridgehead atoms. The summed E-state index contributed by atoms with van der Waals surface area (Å²) in [6, 6.07) is 102. The van der Waals surface area contributed by atoms with Gasteiger partial charge in [0.25, 0.3) is 0 Å². The van der Waals surface area contributed by atoms with Crippen LogP contribution >= 0.6 is 22.7 Å². The second kappa shape index (κ2) is 26.8. The zero-order valence-electron chi connectivity index (χ0n) is 76.8. The molecule has 0 aliphatic carbocycles. The first-order valence-corrected chi connectivity index (χ1v) is 43.0. The summed E-state index contributed by atoms with van der Waals surface area (Å²) in [5.74, 6) is -0.606. The van der Waals surface area contributed by atoms with Crippen LogP contribution in [0.2, 0.25) is 0 Å². The van der Waals surface area contributed by atoms with E-state index in [-0.39, 0.29) is 43.5 Å². The Morgan fingerprint density at radius 3 is 1.17 bits per heavy atom. The number of anilines is 6. The fourth-order valence-corrected chi connectivity index (χ4v) is 21.4. The van der Waals surface area contributed by atoms with Gasteiger partial charge in [-0.15, -0.1) is 22.7 Å². The van der Waals surface area contributed by atoms with Crippen LogP contribution in [0.5, 0.6) is 0 Å². The predicted molar refractivity (Wildman–Crippen MR) is 513 cm³/mol. The van der Waals surface area contributed by atoms with Crippen molar-refractivity contribution in [3.8, 4) is 67.0 Å². The molecule has 0 spiro atoms. The largest absolute Gasteiger partial charge is 0.309 e. The second-order valence-electron chi connectivity index (χ2n) is 36.6. The molecule has 6 heteroatoms. The molecule has 1 atom stereocenters. The molecular weight excluding hydrogens is 1480 g/mol. The van der Waals surface area contributed by atoms with E-state index in [4.69, 9.17) is 0 Å². The smallest absolute Gasteiger partial charge is 0.0645 e. The van der Waals surface area contributed by atoms with Gasteiger partial charge in [0.05, 0.1) is 72.8 Å². The van der Waals surface area contributed by atoms with Gasteiger partial charge in [-0.25, -0.2) is 0 Å². The van der Waals surface area contributed by atoms with Gasteiger partial charge in [0, 0.05) is 101 Å². The summed E-state index contributed by atoms with van der Waals surface area (Å²) in [5.41, 5.74) is 25.5. The SMILES string of the molecule is [2H]c1c([2H])c([2H])c2c(c1[2H])c1c([2H])c([2H])c([2H])c([2H])c1n2-c1cc2c3c(c1)N(c1c(-c4ccccc4)cc4sc5ccccc5c4c1-c1ccccc1)c1cc(-n4c5ccc(C(C)(C)C)cc5c5cc(C(C)(C)C)ccc54)ccc1C3c1cc(-c3cc(C(C)(C)C)cc(C(C)(C)C)c3)ccc1N2c1c(-c2ccccc2)cc2sc3ccccc3c2c1-c1ccccc1. The number of fused-ring (bicyclic) bond motifs is 16. The van der Waals surface area contributed by atoms with E-state index in [9.17, 15) is 11.0 Å². The summed E-state index contributed by atoms with van der Waals surface area (Å²) in [4.78, 5) is 5.05. The topological polar surface area (TPSA) is 16.3 Å². The quantitative estimate of drug-likeness (QED) is 0.143. The highest BCUT2D eigenvalue weighted by molar-refractivity contribution is 7.26. The van der Waals surface area contributed by atoms with Crippen molar-refractivity contribution in [1.82, 2.24) is 9.13 Å². The Bertz CT molecular complexity index is 7910. The first kappa shape index (κ1) is 64.3.